The summed E-state index contributed by atoms with van der Waals surface area (Å²) in [5.41, 5.74) is 1.51. The normalized spacial score (nSPS) is 14.9. The van der Waals surface area contributed by atoms with Crippen LogP contribution in [0, 0.1) is 11.3 Å². The number of halogens is 2. The molecule has 1 nitrogen and oxygen atoms in total. The predicted octanol–water partition coefficient (Wildman–Crippen LogP) is 6.59. The topological polar surface area (TPSA) is 9.23 Å². The second-order valence-corrected chi connectivity index (χ2v) is 8.08. The van der Waals surface area contributed by atoms with Crippen molar-refractivity contribution in [1.29, 1.82) is 0 Å². The Morgan fingerprint density at radius 3 is 2.45 bits per heavy atom. The second-order valence-electron chi connectivity index (χ2n) is 6.70. The van der Waals surface area contributed by atoms with Gasteiger partial charge in [0, 0.05) is 0 Å². The highest BCUT2D eigenvalue weighted by Crippen LogP contribution is 2.36. The summed E-state index contributed by atoms with van der Waals surface area (Å²) in [6.45, 7) is 11.8. The van der Waals surface area contributed by atoms with Gasteiger partial charge in [-0.15, -0.1) is 11.6 Å². The first-order valence-electron chi connectivity index (χ1n) is 7.29. The van der Waals surface area contributed by atoms with Crippen LogP contribution < -0.4 is 4.74 Å². The van der Waals surface area contributed by atoms with Crippen molar-refractivity contribution in [1.82, 2.24) is 0 Å². The number of ether oxygens (including phenoxy) is 1. The summed E-state index contributed by atoms with van der Waals surface area (Å²) in [4.78, 5) is 0. The van der Waals surface area contributed by atoms with Crippen LogP contribution >= 0.6 is 27.5 Å². The Kier molecular flexibility index (Phi) is 6.87. The molecule has 0 saturated carbocycles. The summed E-state index contributed by atoms with van der Waals surface area (Å²) in [6, 6.07) is 6.14. The van der Waals surface area contributed by atoms with Crippen LogP contribution in [0.2, 0.25) is 0 Å². The molecule has 0 fully saturated rings. The monoisotopic (exact) mass is 360 g/mol. The summed E-state index contributed by atoms with van der Waals surface area (Å²) in [7, 11) is 0. The lowest BCUT2D eigenvalue weighted by Gasteiger charge is -2.25. The van der Waals surface area contributed by atoms with Crippen LogP contribution in [0.25, 0.3) is 0 Å². The van der Waals surface area contributed by atoms with Gasteiger partial charge in [0.2, 0.25) is 0 Å². The molecule has 20 heavy (non-hydrogen) atoms. The van der Waals surface area contributed by atoms with E-state index in [9.17, 15) is 0 Å². The number of rotatable bonds is 6. The van der Waals surface area contributed by atoms with E-state index in [1.165, 1.54) is 6.42 Å². The fourth-order valence-corrected chi connectivity index (χ4v) is 3.55. The Morgan fingerprint density at radius 1 is 1.30 bits per heavy atom. The van der Waals surface area contributed by atoms with Gasteiger partial charge in [0.1, 0.15) is 5.75 Å². The maximum atomic E-state index is 6.57. The standard InChI is InChI=1S/C17H26BrClO/c1-6-20-16-8-7-13(10-14(16)18)15(19)9-12(2)11-17(3,4)5/h7-8,10,12,15H,6,9,11H2,1-5H3. The van der Waals surface area contributed by atoms with Crippen LogP contribution in [0.5, 0.6) is 5.75 Å². The lowest BCUT2D eigenvalue weighted by molar-refractivity contribution is 0.295. The van der Waals surface area contributed by atoms with Gasteiger partial charge >= 0.3 is 0 Å². The molecule has 1 aromatic rings. The maximum Gasteiger partial charge on any atom is 0.133 e. The molecule has 2 unspecified atom stereocenters. The van der Waals surface area contributed by atoms with Gasteiger partial charge < -0.3 is 4.74 Å². The molecule has 1 aromatic carbocycles. The van der Waals surface area contributed by atoms with E-state index >= 15 is 0 Å². The van der Waals surface area contributed by atoms with E-state index in [0.29, 0.717) is 17.9 Å². The van der Waals surface area contributed by atoms with Gasteiger partial charge in [0.25, 0.3) is 0 Å². The fraction of sp³-hybridized carbons (Fsp3) is 0.647. The zero-order valence-corrected chi connectivity index (χ0v) is 15.5. The first-order chi connectivity index (χ1) is 9.23. The maximum absolute atomic E-state index is 6.57. The Morgan fingerprint density at radius 2 is 1.95 bits per heavy atom. The SMILES string of the molecule is CCOc1ccc(C(Cl)CC(C)CC(C)(C)C)cc1Br. The fourth-order valence-electron chi connectivity index (χ4n) is 2.60. The largest absolute Gasteiger partial charge is 0.493 e. The van der Waals surface area contributed by atoms with Crippen LogP contribution in [0.4, 0.5) is 0 Å². The van der Waals surface area contributed by atoms with Crippen molar-refractivity contribution in [3.63, 3.8) is 0 Å². The smallest absolute Gasteiger partial charge is 0.133 e. The van der Waals surface area contributed by atoms with Gasteiger partial charge in [-0.05, 0) is 64.7 Å². The molecule has 0 heterocycles. The molecule has 0 bridgehead atoms. The van der Waals surface area contributed by atoms with E-state index in [1.54, 1.807) is 0 Å². The van der Waals surface area contributed by atoms with Crippen molar-refractivity contribution < 1.29 is 4.74 Å². The minimum absolute atomic E-state index is 0.0549. The average molecular weight is 362 g/mol. The van der Waals surface area contributed by atoms with Crippen molar-refractivity contribution in [2.75, 3.05) is 6.61 Å². The average Bonchev–Trinajstić information content (AvgIpc) is 2.29. The number of hydrogen-bond acceptors (Lipinski definition) is 1. The molecule has 0 aliphatic carbocycles. The van der Waals surface area contributed by atoms with E-state index in [0.717, 1.165) is 22.2 Å². The van der Waals surface area contributed by atoms with Crippen molar-refractivity contribution in [2.24, 2.45) is 11.3 Å². The minimum atomic E-state index is 0.0549. The quantitative estimate of drug-likeness (QED) is 0.519. The lowest BCUT2D eigenvalue weighted by atomic mass is 9.83. The molecule has 2 atom stereocenters. The van der Waals surface area contributed by atoms with Crippen LogP contribution in [0.3, 0.4) is 0 Å². The van der Waals surface area contributed by atoms with Gasteiger partial charge in [-0.3, -0.25) is 0 Å². The molecule has 1 rings (SSSR count). The van der Waals surface area contributed by atoms with Gasteiger partial charge in [-0.1, -0.05) is 33.8 Å². The van der Waals surface area contributed by atoms with Gasteiger partial charge in [-0.25, -0.2) is 0 Å². The third-order valence-corrected chi connectivity index (χ3v) is 4.24. The van der Waals surface area contributed by atoms with Gasteiger partial charge in [-0.2, -0.15) is 0 Å². The van der Waals surface area contributed by atoms with Crippen LogP contribution in [0.1, 0.15) is 58.4 Å². The predicted molar refractivity (Wildman–Crippen MR) is 91.8 cm³/mol. The molecule has 0 aliphatic heterocycles. The second kappa shape index (κ2) is 7.70. The van der Waals surface area contributed by atoms with Crippen molar-refractivity contribution >= 4 is 27.5 Å². The minimum Gasteiger partial charge on any atom is -0.493 e. The first-order valence-corrected chi connectivity index (χ1v) is 8.52. The Balaban J connectivity index is 2.68. The van der Waals surface area contributed by atoms with Crippen molar-refractivity contribution in [3.8, 4) is 5.75 Å². The Hall–Kier alpha value is -0.210. The van der Waals surface area contributed by atoms with Crippen LogP contribution in [-0.2, 0) is 0 Å². The Labute approximate surface area is 137 Å². The van der Waals surface area contributed by atoms with Gasteiger partial charge in [0.05, 0.1) is 16.5 Å². The molecule has 0 aliphatic rings. The summed E-state index contributed by atoms with van der Waals surface area (Å²) < 4.78 is 6.51. The summed E-state index contributed by atoms with van der Waals surface area (Å²) in [5, 5.41) is 0.0549. The lowest BCUT2D eigenvalue weighted by Crippen LogP contribution is -2.12. The molecular formula is C17H26BrClO. The molecule has 114 valence electrons. The van der Waals surface area contributed by atoms with E-state index in [-0.39, 0.29) is 5.38 Å². The van der Waals surface area contributed by atoms with Crippen molar-refractivity contribution in [2.45, 2.75) is 52.8 Å². The first kappa shape index (κ1) is 17.8. The van der Waals surface area contributed by atoms with Gasteiger partial charge in [0.15, 0.2) is 0 Å². The number of alkyl halides is 1. The van der Waals surface area contributed by atoms with E-state index in [4.69, 9.17) is 16.3 Å². The van der Waals surface area contributed by atoms with E-state index in [1.807, 2.05) is 13.0 Å². The third-order valence-electron chi connectivity index (χ3n) is 3.19. The summed E-state index contributed by atoms with van der Waals surface area (Å²) in [6.07, 6.45) is 2.19. The van der Waals surface area contributed by atoms with E-state index in [2.05, 4.69) is 55.8 Å². The molecule has 0 aromatic heterocycles. The highest BCUT2D eigenvalue weighted by Gasteiger charge is 2.19. The summed E-state index contributed by atoms with van der Waals surface area (Å²) in [5.74, 6) is 1.49. The van der Waals surface area contributed by atoms with Crippen LogP contribution in [0.15, 0.2) is 22.7 Å². The molecular weight excluding hydrogens is 336 g/mol. The molecule has 0 radical (unpaired) electrons. The Bertz CT molecular complexity index is 425. The third kappa shape index (κ3) is 6.05. The number of benzene rings is 1. The molecule has 3 heteroatoms. The zero-order chi connectivity index (χ0) is 15.3. The highest BCUT2D eigenvalue weighted by atomic mass is 79.9. The van der Waals surface area contributed by atoms with Crippen molar-refractivity contribution in [3.05, 3.63) is 28.2 Å². The number of hydrogen-bond donors (Lipinski definition) is 0. The zero-order valence-electron chi connectivity index (χ0n) is 13.2. The summed E-state index contributed by atoms with van der Waals surface area (Å²) >= 11 is 10.1. The van der Waals surface area contributed by atoms with Crippen LogP contribution in [-0.4, -0.2) is 6.61 Å². The molecule has 0 N–H and O–H groups in total. The molecule has 0 spiro atoms. The molecule has 0 saturated heterocycles. The molecule has 0 amide bonds. The highest BCUT2D eigenvalue weighted by molar-refractivity contribution is 9.10. The van der Waals surface area contributed by atoms with E-state index < -0.39 is 0 Å².